The average molecular weight is 276 g/mol. The Balaban J connectivity index is 4.50. The summed E-state index contributed by atoms with van der Waals surface area (Å²) in [6.45, 7) is 3.34. The summed E-state index contributed by atoms with van der Waals surface area (Å²) in [6.07, 6.45) is 0. The molecule has 0 saturated carbocycles. The van der Waals surface area contributed by atoms with Gasteiger partial charge in [0.05, 0.1) is 13.2 Å². The van der Waals surface area contributed by atoms with Crippen molar-refractivity contribution in [1.29, 1.82) is 0 Å². The lowest BCUT2D eigenvalue weighted by Crippen LogP contribution is -2.49. The fourth-order valence-electron chi connectivity index (χ4n) is 1.15. The molecule has 0 aromatic rings. The van der Waals surface area contributed by atoms with Crippen molar-refractivity contribution in [2.75, 3.05) is 33.4 Å². The molecule has 0 aliphatic carbocycles. The van der Waals surface area contributed by atoms with Gasteiger partial charge in [-0.05, 0) is 13.8 Å². The minimum atomic E-state index is -1.16. The predicted octanol–water partition coefficient (Wildman–Crippen LogP) is -0.319. The highest BCUT2D eigenvalue weighted by molar-refractivity contribution is 5.84. The first-order chi connectivity index (χ1) is 8.92. The van der Waals surface area contributed by atoms with Crippen LogP contribution in [0.2, 0.25) is 0 Å². The molecular weight excluding hydrogens is 256 g/mol. The van der Waals surface area contributed by atoms with Crippen LogP contribution in [0, 0.1) is 0 Å². The summed E-state index contributed by atoms with van der Waals surface area (Å²) in [5.41, 5.74) is 0. The molecule has 0 aliphatic heterocycles. The van der Waals surface area contributed by atoms with Crippen molar-refractivity contribution in [3.8, 4) is 0 Å². The lowest BCUT2D eigenvalue weighted by atomic mass is 10.3. The van der Waals surface area contributed by atoms with Crippen LogP contribution in [0.4, 0.5) is 4.79 Å². The van der Waals surface area contributed by atoms with Gasteiger partial charge < -0.3 is 24.8 Å². The number of nitrogens with one attached hydrogen (secondary N) is 1. The van der Waals surface area contributed by atoms with Crippen molar-refractivity contribution in [3.63, 3.8) is 0 Å². The molecule has 0 fully saturated rings. The Morgan fingerprint density at radius 3 is 2.47 bits per heavy atom. The summed E-state index contributed by atoms with van der Waals surface area (Å²) in [6, 6.07) is -1.69. The minimum Gasteiger partial charge on any atom is -0.480 e. The van der Waals surface area contributed by atoms with Crippen LogP contribution in [0.1, 0.15) is 13.8 Å². The SMILES string of the molecule is CCOC(=O)CN(CCOC)C(=O)NC(C)C(=O)O. The van der Waals surface area contributed by atoms with Crippen LogP contribution in [0.5, 0.6) is 0 Å². The first kappa shape index (κ1) is 17.2. The lowest BCUT2D eigenvalue weighted by Gasteiger charge is -2.23. The molecule has 0 aromatic heterocycles. The van der Waals surface area contributed by atoms with Crippen LogP contribution >= 0.6 is 0 Å². The van der Waals surface area contributed by atoms with E-state index in [1.54, 1.807) is 6.92 Å². The molecule has 0 aromatic carbocycles. The van der Waals surface area contributed by atoms with E-state index in [-0.39, 0.29) is 26.3 Å². The van der Waals surface area contributed by atoms with Gasteiger partial charge in [-0.25, -0.2) is 4.79 Å². The zero-order valence-electron chi connectivity index (χ0n) is 11.3. The third kappa shape index (κ3) is 7.24. The second kappa shape index (κ2) is 9.15. The fraction of sp³-hybridized carbons (Fsp3) is 0.727. The molecule has 8 nitrogen and oxygen atoms in total. The summed E-state index contributed by atoms with van der Waals surface area (Å²) in [5.74, 6) is -1.71. The number of urea groups is 1. The van der Waals surface area contributed by atoms with Gasteiger partial charge in [0.15, 0.2) is 0 Å². The number of esters is 1. The molecule has 0 aliphatic rings. The molecule has 1 atom stereocenters. The second-order valence-corrected chi connectivity index (χ2v) is 3.73. The van der Waals surface area contributed by atoms with E-state index < -0.39 is 24.0 Å². The van der Waals surface area contributed by atoms with Crippen LogP contribution in [0.3, 0.4) is 0 Å². The van der Waals surface area contributed by atoms with Gasteiger partial charge in [-0.15, -0.1) is 0 Å². The third-order valence-electron chi connectivity index (χ3n) is 2.19. The van der Waals surface area contributed by atoms with Crippen LogP contribution < -0.4 is 5.32 Å². The Bertz CT molecular complexity index is 320. The van der Waals surface area contributed by atoms with Gasteiger partial charge in [0.1, 0.15) is 12.6 Å². The number of carboxylic acid groups (broad SMARTS) is 1. The van der Waals surface area contributed by atoms with Crippen molar-refractivity contribution in [3.05, 3.63) is 0 Å². The van der Waals surface area contributed by atoms with Gasteiger partial charge in [-0.3, -0.25) is 9.59 Å². The molecule has 2 N–H and O–H groups in total. The quantitative estimate of drug-likeness (QED) is 0.589. The Morgan fingerprint density at radius 2 is 2.00 bits per heavy atom. The second-order valence-electron chi connectivity index (χ2n) is 3.73. The number of aliphatic carboxylic acids is 1. The lowest BCUT2D eigenvalue weighted by molar-refractivity contribution is -0.143. The van der Waals surface area contributed by atoms with E-state index >= 15 is 0 Å². The van der Waals surface area contributed by atoms with Crippen LogP contribution in [0.15, 0.2) is 0 Å². The Kier molecular flexibility index (Phi) is 8.27. The zero-order valence-corrected chi connectivity index (χ0v) is 11.3. The molecule has 0 radical (unpaired) electrons. The molecule has 0 saturated heterocycles. The standard InChI is InChI=1S/C11H20N2O6/c1-4-19-9(14)7-13(5-6-18-3)11(17)12-8(2)10(15)16/h8H,4-7H2,1-3H3,(H,12,17)(H,15,16). The summed E-state index contributed by atoms with van der Waals surface area (Å²) in [5, 5.41) is 11.0. The van der Waals surface area contributed by atoms with Gasteiger partial charge in [0, 0.05) is 13.7 Å². The van der Waals surface area contributed by atoms with Crippen molar-refractivity contribution < 1.29 is 29.0 Å². The Hall–Kier alpha value is -1.83. The van der Waals surface area contributed by atoms with Gasteiger partial charge in [-0.1, -0.05) is 0 Å². The van der Waals surface area contributed by atoms with Gasteiger partial charge in [-0.2, -0.15) is 0 Å². The number of methoxy groups -OCH3 is 1. The highest BCUT2D eigenvalue weighted by atomic mass is 16.5. The van der Waals surface area contributed by atoms with Gasteiger partial charge >= 0.3 is 18.0 Å². The molecule has 0 spiro atoms. The number of carbonyl (C=O) groups is 3. The highest BCUT2D eigenvalue weighted by Gasteiger charge is 2.21. The number of carbonyl (C=O) groups excluding carboxylic acids is 2. The first-order valence-corrected chi connectivity index (χ1v) is 5.85. The molecule has 0 heterocycles. The number of rotatable bonds is 8. The maximum absolute atomic E-state index is 11.8. The molecule has 8 heteroatoms. The number of amides is 2. The first-order valence-electron chi connectivity index (χ1n) is 5.85. The molecule has 110 valence electrons. The van der Waals surface area contributed by atoms with Crippen molar-refractivity contribution in [2.24, 2.45) is 0 Å². The fourth-order valence-corrected chi connectivity index (χ4v) is 1.15. The van der Waals surface area contributed by atoms with Crippen LogP contribution in [-0.2, 0) is 19.1 Å². The monoisotopic (exact) mass is 276 g/mol. The minimum absolute atomic E-state index is 0.160. The molecular formula is C11H20N2O6. The molecule has 19 heavy (non-hydrogen) atoms. The van der Waals surface area contributed by atoms with Crippen LogP contribution in [-0.4, -0.2) is 67.4 Å². The third-order valence-corrected chi connectivity index (χ3v) is 2.19. The molecule has 2 amide bonds. The largest absolute Gasteiger partial charge is 0.480 e. The van der Waals surface area contributed by atoms with E-state index in [4.69, 9.17) is 14.6 Å². The summed E-state index contributed by atoms with van der Waals surface area (Å²) < 4.78 is 9.56. The smallest absolute Gasteiger partial charge is 0.325 e. The molecule has 1 unspecified atom stereocenters. The van der Waals surface area contributed by atoms with Crippen molar-refractivity contribution >= 4 is 18.0 Å². The maximum Gasteiger partial charge on any atom is 0.325 e. The van der Waals surface area contributed by atoms with E-state index in [0.29, 0.717) is 0 Å². The number of nitrogens with zero attached hydrogens (tertiary/aromatic N) is 1. The number of ether oxygens (including phenoxy) is 2. The van der Waals surface area contributed by atoms with E-state index in [9.17, 15) is 14.4 Å². The number of hydrogen-bond acceptors (Lipinski definition) is 5. The maximum atomic E-state index is 11.8. The van der Waals surface area contributed by atoms with Crippen molar-refractivity contribution in [1.82, 2.24) is 10.2 Å². The highest BCUT2D eigenvalue weighted by Crippen LogP contribution is 1.94. The molecule has 0 bridgehead atoms. The summed E-state index contributed by atoms with van der Waals surface area (Å²) >= 11 is 0. The van der Waals surface area contributed by atoms with E-state index in [0.717, 1.165) is 4.90 Å². The topological polar surface area (TPSA) is 105 Å². The summed E-state index contributed by atoms with van der Waals surface area (Å²) in [4.78, 5) is 34.9. The zero-order chi connectivity index (χ0) is 14.8. The van der Waals surface area contributed by atoms with E-state index in [2.05, 4.69) is 5.32 Å². The van der Waals surface area contributed by atoms with Crippen LogP contribution in [0.25, 0.3) is 0 Å². The number of carboxylic acids is 1. The number of hydrogen-bond donors (Lipinski definition) is 2. The summed E-state index contributed by atoms with van der Waals surface area (Å²) in [7, 11) is 1.46. The van der Waals surface area contributed by atoms with Gasteiger partial charge in [0.2, 0.25) is 0 Å². The predicted molar refractivity (Wildman–Crippen MR) is 65.7 cm³/mol. The van der Waals surface area contributed by atoms with E-state index in [1.807, 2.05) is 0 Å². The van der Waals surface area contributed by atoms with Gasteiger partial charge in [0.25, 0.3) is 0 Å². The molecule has 0 rings (SSSR count). The average Bonchev–Trinajstić information content (AvgIpc) is 2.34. The van der Waals surface area contributed by atoms with Crippen molar-refractivity contribution in [2.45, 2.75) is 19.9 Å². The Labute approximate surface area is 111 Å². The normalized spacial score (nSPS) is 11.5. The Morgan fingerprint density at radius 1 is 1.37 bits per heavy atom. The van der Waals surface area contributed by atoms with E-state index in [1.165, 1.54) is 14.0 Å².